The van der Waals surface area contributed by atoms with Crippen molar-refractivity contribution in [2.75, 3.05) is 6.61 Å². The Morgan fingerprint density at radius 3 is 2.20 bits per heavy atom. The van der Waals surface area contributed by atoms with E-state index in [1.165, 1.54) is 42.7 Å². The summed E-state index contributed by atoms with van der Waals surface area (Å²) >= 11 is 1.32. The first-order valence-electron chi connectivity index (χ1n) is 12.4. The standard InChI is InChI=1S/C27H27NO12S/c1-12-11-41-26(28-12)19-9-35-20-8-17(6-7-18(20)22(19)33)39-27-25(38-16(5)32)24(37-15(4)31)23(36-14(3)30)21(40-27)10-34-13(2)29/h6-9,11,21,23-25,27H,10H2,1-5H3/t21-,23-,24+,25+,27-/m1/s1. The van der Waals surface area contributed by atoms with Gasteiger partial charge in [-0.1, -0.05) is 0 Å². The first kappa shape index (κ1) is 29.7. The van der Waals surface area contributed by atoms with Gasteiger partial charge in [0.05, 0.1) is 10.9 Å². The summed E-state index contributed by atoms with van der Waals surface area (Å²) in [6.07, 6.45) is -5.41. The maximum absolute atomic E-state index is 13.1. The first-order valence-corrected chi connectivity index (χ1v) is 13.3. The van der Waals surface area contributed by atoms with Crippen molar-refractivity contribution < 1.29 is 52.0 Å². The Balaban J connectivity index is 1.70. The van der Waals surface area contributed by atoms with Gasteiger partial charge < -0.3 is 32.8 Å². The molecule has 0 bridgehead atoms. The Kier molecular flexibility index (Phi) is 9.03. The molecule has 1 fully saturated rings. The Morgan fingerprint density at radius 2 is 1.59 bits per heavy atom. The quantitative estimate of drug-likeness (QED) is 0.278. The van der Waals surface area contributed by atoms with Gasteiger partial charge in [0.2, 0.25) is 17.8 Å². The lowest BCUT2D eigenvalue weighted by atomic mass is 9.98. The van der Waals surface area contributed by atoms with Crippen LogP contribution in [0.3, 0.4) is 0 Å². The van der Waals surface area contributed by atoms with Gasteiger partial charge in [-0.3, -0.25) is 24.0 Å². The molecule has 41 heavy (non-hydrogen) atoms. The summed E-state index contributed by atoms with van der Waals surface area (Å²) in [7, 11) is 0. The number of ether oxygens (including phenoxy) is 6. The summed E-state index contributed by atoms with van der Waals surface area (Å²) in [5, 5.41) is 2.61. The molecule has 0 saturated carbocycles. The molecular formula is C27H27NO12S. The number of esters is 4. The number of nitrogens with zero attached hydrogens (tertiary/aromatic N) is 1. The number of benzene rings is 1. The van der Waals surface area contributed by atoms with E-state index in [0.29, 0.717) is 10.6 Å². The lowest BCUT2D eigenvalue weighted by molar-refractivity contribution is -0.288. The van der Waals surface area contributed by atoms with Crippen molar-refractivity contribution in [1.29, 1.82) is 0 Å². The normalized spacial score (nSPS) is 22.0. The van der Waals surface area contributed by atoms with Crippen LogP contribution in [0.15, 0.2) is 39.1 Å². The van der Waals surface area contributed by atoms with Crippen molar-refractivity contribution in [3.05, 3.63) is 45.8 Å². The topological polar surface area (TPSA) is 167 Å². The molecule has 0 N–H and O–H groups in total. The highest BCUT2D eigenvalue weighted by Gasteiger charge is 2.53. The van der Waals surface area contributed by atoms with Crippen LogP contribution in [0.1, 0.15) is 33.4 Å². The zero-order valence-electron chi connectivity index (χ0n) is 22.7. The highest BCUT2D eigenvalue weighted by molar-refractivity contribution is 7.13. The molecule has 14 heteroatoms. The van der Waals surface area contributed by atoms with E-state index in [4.69, 9.17) is 32.8 Å². The molecule has 0 amide bonds. The van der Waals surface area contributed by atoms with Gasteiger partial charge in [0.1, 0.15) is 35.3 Å². The van der Waals surface area contributed by atoms with Crippen LogP contribution in [-0.2, 0) is 42.9 Å². The summed E-state index contributed by atoms with van der Waals surface area (Å²) in [4.78, 5) is 64.9. The molecule has 0 unspecified atom stereocenters. The maximum atomic E-state index is 13.1. The van der Waals surface area contributed by atoms with Crippen LogP contribution in [0.4, 0.5) is 0 Å². The Hall–Kier alpha value is -4.30. The van der Waals surface area contributed by atoms with E-state index in [-0.39, 0.29) is 22.1 Å². The van der Waals surface area contributed by atoms with Gasteiger partial charge in [0.15, 0.2) is 12.2 Å². The molecule has 0 radical (unpaired) electrons. The average Bonchev–Trinajstić information content (AvgIpc) is 3.31. The van der Waals surface area contributed by atoms with E-state index in [9.17, 15) is 24.0 Å². The van der Waals surface area contributed by atoms with Crippen LogP contribution in [0.2, 0.25) is 0 Å². The predicted molar refractivity (Wildman–Crippen MR) is 141 cm³/mol. The summed E-state index contributed by atoms with van der Waals surface area (Å²) in [5.74, 6) is -2.79. The van der Waals surface area contributed by atoms with E-state index in [1.807, 2.05) is 12.3 Å². The van der Waals surface area contributed by atoms with E-state index in [0.717, 1.165) is 26.5 Å². The molecule has 3 heterocycles. The fourth-order valence-corrected chi connectivity index (χ4v) is 5.02. The summed E-state index contributed by atoms with van der Waals surface area (Å²) in [5.41, 5.74) is 0.983. The SMILES string of the molecule is CC(=O)OC[C@H]1O[C@@H](Oc2ccc3c(=O)c(-c4nc(C)cs4)coc3c2)[C@@H](OC(C)=O)[C@@H](OC(C)=O)[C@@H]1OC(C)=O. The fourth-order valence-electron chi connectivity index (χ4n) is 4.22. The number of hydrogen-bond acceptors (Lipinski definition) is 14. The molecule has 1 aliphatic heterocycles. The van der Waals surface area contributed by atoms with Gasteiger partial charge in [0, 0.05) is 44.8 Å². The van der Waals surface area contributed by atoms with Crippen molar-refractivity contribution in [3.8, 4) is 16.3 Å². The molecule has 4 rings (SSSR count). The van der Waals surface area contributed by atoms with Gasteiger partial charge in [-0.05, 0) is 19.1 Å². The number of aromatic nitrogens is 1. The van der Waals surface area contributed by atoms with Crippen molar-refractivity contribution in [2.24, 2.45) is 0 Å². The van der Waals surface area contributed by atoms with Crippen LogP contribution < -0.4 is 10.2 Å². The average molecular weight is 590 g/mol. The van der Waals surface area contributed by atoms with Crippen LogP contribution in [0.5, 0.6) is 5.75 Å². The Morgan fingerprint density at radius 1 is 0.927 bits per heavy atom. The largest absolute Gasteiger partial charge is 0.463 e. The summed E-state index contributed by atoms with van der Waals surface area (Å²) in [6.45, 7) is 5.96. The van der Waals surface area contributed by atoms with Gasteiger partial charge in [-0.25, -0.2) is 4.98 Å². The lowest BCUT2D eigenvalue weighted by Crippen LogP contribution is -2.63. The Bertz CT molecular complexity index is 1530. The van der Waals surface area contributed by atoms with E-state index in [2.05, 4.69) is 4.98 Å². The monoisotopic (exact) mass is 589 g/mol. The number of fused-ring (bicyclic) bond motifs is 1. The van der Waals surface area contributed by atoms with Gasteiger partial charge >= 0.3 is 23.9 Å². The number of rotatable bonds is 8. The smallest absolute Gasteiger partial charge is 0.303 e. The third kappa shape index (κ3) is 7.08. The second-order valence-corrected chi connectivity index (χ2v) is 9.97. The van der Waals surface area contributed by atoms with Gasteiger partial charge in [-0.15, -0.1) is 11.3 Å². The molecule has 0 aliphatic carbocycles. The maximum Gasteiger partial charge on any atom is 0.303 e. The minimum atomic E-state index is -1.43. The third-order valence-corrected chi connectivity index (χ3v) is 6.79. The second-order valence-electron chi connectivity index (χ2n) is 9.12. The van der Waals surface area contributed by atoms with E-state index in [1.54, 1.807) is 0 Å². The fraction of sp³-hybridized carbons (Fsp3) is 0.407. The first-order chi connectivity index (χ1) is 19.4. The van der Waals surface area contributed by atoms with Gasteiger partial charge in [-0.2, -0.15) is 0 Å². The van der Waals surface area contributed by atoms with Crippen LogP contribution >= 0.6 is 11.3 Å². The minimum Gasteiger partial charge on any atom is -0.463 e. The molecule has 1 aromatic carbocycles. The molecule has 218 valence electrons. The van der Waals surface area contributed by atoms with Gasteiger partial charge in [0.25, 0.3) is 0 Å². The molecule has 0 spiro atoms. The Labute approximate surface area is 237 Å². The molecule has 3 aromatic rings. The number of thiazole rings is 1. The van der Waals surface area contributed by atoms with Crippen molar-refractivity contribution in [3.63, 3.8) is 0 Å². The molecule has 13 nitrogen and oxygen atoms in total. The van der Waals surface area contributed by atoms with E-state index < -0.39 is 61.2 Å². The third-order valence-electron chi connectivity index (χ3n) is 5.80. The highest BCUT2D eigenvalue weighted by Crippen LogP contribution is 2.32. The van der Waals surface area contributed by atoms with E-state index >= 15 is 0 Å². The zero-order chi connectivity index (χ0) is 29.8. The molecule has 1 aliphatic rings. The van der Waals surface area contributed by atoms with Crippen molar-refractivity contribution in [2.45, 2.75) is 65.3 Å². The van der Waals surface area contributed by atoms with Crippen LogP contribution in [-0.4, -0.2) is 66.2 Å². The molecule has 5 atom stereocenters. The minimum absolute atomic E-state index is 0.138. The second kappa shape index (κ2) is 12.5. The number of carbonyl (C=O) groups is 4. The molecular weight excluding hydrogens is 562 g/mol. The number of hydrogen-bond donors (Lipinski definition) is 0. The zero-order valence-corrected chi connectivity index (χ0v) is 23.6. The lowest BCUT2D eigenvalue weighted by Gasteiger charge is -2.43. The van der Waals surface area contributed by atoms with Crippen LogP contribution in [0, 0.1) is 6.92 Å². The van der Waals surface area contributed by atoms with Crippen molar-refractivity contribution in [1.82, 2.24) is 4.98 Å². The highest BCUT2D eigenvalue weighted by atomic mass is 32.1. The predicted octanol–water partition coefficient (Wildman–Crippen LogP) is 2.69. The number of carbonyl (C=O) groups excluding carboxylic acids is 4. The molecule has 2 aromatic heterocycles. The molecule has 1 saturated heterocycles. The van der Waals surface area contributed by atoms with Crippen LogP contribution in [0.25, 0.3) is 21.5 Å². The number of aryl methyl sites for hydroxylation is 1. The summed E-state index contributed by atoms with van der Waals surface area (Å²) < 4.78 is 38.9. The van der Waals surface area contributed by atoms with Crippen molar-refractivity contribution >= 4 is 46.2 Å². The summed E-state index contributed by atoms with van der Waals surface area (Å²) in [6, 6.07) is 4.40.